The lowest BCUT2D eigenvalue weighted by atomic mass is 10.1. The molecule has 0 aliphatic carbocycles. The fourth-order valence-corrected chi connectivity index (χ4v) is 2.53. The molecule has 0 saturated heterocycles. The van der Waals surface area contributed by atoms with E-state index in [1.807, 2.05) is 25.1 Å². The van der Waals surface area contributed by atoms with Gasteiger partial charge in [0.1, 0.15) is 5.75 Å². The zero-order valence-electron chi connectivity index (χ0n) is 14.1. The van der Waals surface area contributed by atoms with Gasteiger partial charge in [0.25, 0.3) is 0 Å². The van der Waals surface area contributed by atoms with Crippen LogP contribution in [0.25, 0.3) is 0 Å². The number of aryl methyl sites for hydroxylation is 1. The first-order valence-electron chi connectivity index (χ1n) is 7.86. The second-order valence-electron chi connectivity index (χ2n) is 5.17. The molecule has 0 spiro atoms. The van der Waals surface area contributed by atoms with E-state index in [0.29, 0.717) is 28.9 Å². The molecule has 0 heterocycles. The van der Waals surface area contributed by atoms with E-state index in [2.05, 4.69) is 0 Å². The maximum absolute atomic E-state index is 11.7. The standard InChI is InChI=1S/C19H21ClO4/c1-4-14-12-15(20)7-9-16(14)24-18-10-13(6-8-17(18)22-3)11-19(21)23-5-2/h6-10,12H,4-5,11H2,1-3H3. The van der Waals surface area contributed by atoms with Gasteiger partial charge in [-0.15, -0.1) is 0 Å². The van der Waals surface area contributed by atoms with E-state index in [9.17, 15) is 4.79 Å². The van der Waals surface area contributed by atoms with Gasteiger partial charge in [0.05, 0.1) is 20.1 Å². The lowest BCUT2D eigenvalue weighted by Crippen LogP contribution is -2.07. The number of hydrogen-bond acceptors (Lipinski definition) is 4. The Labute approximate surface area is 147 Å². The summed E-state index contributed by atoms with van der Waals surface area (Å²) in [5.74, 6) is 1.60. The van der Waals surface area contributed by atoms with E-state index in [1.165, 1.54) is 0 Å². The average molecular weight is 349 g/mol. The van der Waals surface area contributed by atoms with Gasteiger partial charge in [-0.3, -0.25) is 4.79 Å². The Hall–Kier alpha value is -2.20. The quantitative estimate of drug-likeness (QED) is 0.673. The normalized spacial score (nSPS) is 10.3. The summed E-state index contributed by atoms with van der Waals surface area (Å²) in [5.41, 5.74) is 1.80. The molecule has 2 aromatic rings. The molecule has 4 nitrogen and oxygen atoms in total. The molecule has 0 radical (unpaired) electrons. The van der Waals surface area contributed by atoms with Gasteiger partial charge >= 0.3 is 5.97 Å². The molecule has 0 aliphatic rings. The van der Waals surface area contributed by atoms with Crippen molar-refractivity contribution >= 4 is 17.6 Å². The maximum atomic E-state index is 11.7. The first kappa shape index (κ1) is 18.1. The summed E-state index contributed by atoms with van der Waals surface area (Å²) in [6.45, 7) is 4.18. The van der Waals surface area contributed by atoms with Gasteiger partial charge in [0.15, 0.2) is 11.5 Å². The molecule has 0 bridgehead atoms. The Morgan fingerprint density at radius 2 is 1.79 bits per heavy atom. The summed E-state index contributed by atoms with van der Waals surface area (Å²) in [5, 5.41) is 0.669. The number of hydrogen-bond donors (Lipinski definition) is 0. The molecule has 128 valence electrons. The minimum absolute atomic E-state index is 0.190. The highest BCUT2D eigenvalue weighted by Gasteiger charge is 2.12. The van der Waals surface area contributed by atoms with Gasteiger partial charge in [-0.1, -0.05) is 24.6 Å². The van der Waals surface area contributed by atoms with Crippen molar-refractivity contribution in [2.75, 3.05) is 13.7 Å². The molecule has 0 aliphatic heterocycles. The van der Waals surface area contributed by atoms with Crippen LogP contribution in [0.1, 0.15) is 25.0 Å². The predicted octanol–water partition coefficient (Wildman–Crippen LogP) is 4.81. The van der Waals surface area contributed by atoms with Crippen LogP contribution >= 0.6 is 11.6 Å². The van der Waals surface area contributed by atoms with Gasteiger partial charge in [-0.25, -0.2) is 0 Å². The second-order valence-corrected chi connectivity index (χ2v) is 5.61. The largest absolute Gasteiger partial charge is 0.493 e. The fraction of sp³-hybridized carbons (Fsp3) is 0.316. The molecule has 24 heavy (non-hydrogen) atoms. The van der Waals surface area contributed by atoms with Gasteiger partial charge in [-0.2, -0.15) is 0 Å². The summed E-state index contributed by atoms with van der Waals surface area (Å²) in [7, 11) is 1.58. The first-order valence-corrected chi connectivity index (χ1v) is 8.24. The van der Waals surface area contributed by atoms with E-state index < -0.39 is 0 Å². The molecule has 5 heteroatoms. The van der Waals surface area contributed by atoms with Crippen LogP contribution in [0.3, 0.4) is 0 Å². The van der Waals surface area contributed by atoms with Crippen molar-refractivity contribution < 1.29 is 19.0 Å². The molecule has 2 rings (SSSR count). The Balaban J connectivity index is 2.29. The SMILES string of the molecule is CCOC(=O)Cc1ccc(OC)c(Oc2ccc(Cl)cc2CC)c1. The zero-order valence-corrected chi connectivity index (χ0v) is 14.9. The lowest BCUT2D eigenvalue weighted by Gasteiger charge is -2.14. The number of esters is 1. The molecule has 0 saturated carbocycles. The number of carbonyl (C=O) groups is 1. The van der Waals surface area contributed by atoms with Crippen LogP contribution in [0.2, 0.25) is 5.02 Å². The monoisotopic (exact) mass is 348 g/mol. The van der Waals surface area contributed by atoms with E-state index >= 15 is 0 Å². The maximum Gasteiger partial charge on any atom is 0.310 e. The topological polar surface area (TPSA) is 44.8 Å². The van der Waals surface area contributed by atoms with Crippen molar-refractivity contribution in [1.29, 1.82) is 0 Å². The first-order chi connectivity index (χ1) is 11.6. The third-order valence-electron chi connectivity index (χ3n) is 3.51. The van der Waals surface area contributed by atoms with Gasteiger partial charge < -0.3 is 14.2 Å². The van der Waals surface area contributed by atoms with Crippen molar-refractivity contribution in [3.8, 4) is 17.2 Å². The molecular formula is C19H21ClO4. The van der Waals surface area contributed by atoms with E-state index in [0.717, 1.165) is 17.5 Å². The Morgan fingerprint density at radius 3 is 2.46 bits per heavy atom. The van der Waals surface area contributed by atoms with Crippen molar-refractivity contribution in [3.05, 3.63) is 52.5 Å². The minimum atomic E-state index is -0.269. The van der Waals surface area contributed by atoms with Crippen molar-refractivity contribution in [3.63, 3.8) is 0 Å². The van der Waals surface area contributed by atoms with Crippen LogP contribution in [0.5, 0.6) is 17.2 Å². The summed E-state index contributed by atoms with van der Waals surface area (Å²) in [4.78, 5) is 11.7. The number of ether oxygens (including phenoxy) is 3. The van der Waals surface area contributed by atoms with Crippen LogP contribution in [-0.2, 0) is 22.4 Å². The Morgan fingerprint density at radius 1 is 1.04 bits per heavy atom. The number of carbonyl (C=O) groups excluding carboxylic acids is 1. The summed E-state index contributed by atoms with van der Waals surface area (Å²) in [6, 6.07) is 10.9. The Kier molecular flexibility index (Phi) is 6.50. The molecule has 0 atom stereocenters. The second kappa shape index (κ2) is 8.60. The van der Waals surface area contributed by atoms with Crippen LogP contribution in [0, 0.1) is 0 Å². The van der Waals surface area contributed by atoms with Crippen molar-refractivity contribution in [2.45, 2.75) is 26.7 Å². The van der Waals surface area contributed by atoms with Crippen molar-refractivity contribution in [1.82, 2.24) is 0 Å². The van der Waals surface area contributed by atoms with E-state index in [-0.39, 0.29) is 12.4 Å². The smallest absolute Gasteiger partial charge is 0.310 e. The van der Waals surface area contributed by atoms with E-state index in [1.54, 1.807) is 32.2 Å². The summed E-state index contributed by atoms with van der Waals surface area (Å²) in [6.07, 6.45) is 0.982. The highest BCUT2D eigenvalue weighted by Crippen LogP contribution is 2.35. The van der Waals surface area contributed by atoms with Crippen LogP contribution in [-0.4, -0.2) is 19.7 Å². The lowest BCUT2D eigenvalue weighted by molar-refractivity contribution is -0.142. The molecule has 0 fully saturated rings. The molecule has 2 aromatic carbocycles. The highest BCUT2D eigenvalue weighted by molar-refractivity contribution is 6.30. The van der Waals surface area contributed by atoms with Crippen LogP contribution in [0.15, 0.2) is 36.4 Å². The summed E-state index contributed by atoms with van der Waals surface area (Å²) < 4.78 is 16.4. The number of halogens is 1. The fourth-order valence-electron chi connectivity index (χ4n) is 2.33. The van der Waals surface area contributed by atoms with Crippen LogP contribution in [0.4, 0.5) is 0 Å². The van der Waals surface area contributed by atoms with E-state index in [4.69, 9.17) is 25.8 Å². The van der Waals surface area contributed by atoms with Crippen molar-refractivity contribution in [2.24, 2.45) is 0 Å². The Bertz CT molecular complexity index is 713. The predicted molar refractivity (Wildman–Crippen MR) is 94.2 cm³/mol. The third-order valence-corrected chi connectivity index (χ3v) is 3.74. The summed E-state index contributed by atoms with van der Waals surface area (Å²) >= 11 is 6.04. The number of methoxy groups -OCH3 is 1. The van der Waals surface area contributed by atoms with Crippen LogP contribution < -0.4 is 9.47 Å². The van der Waals surface area contributed by atoms with Gasteiger partial charge in [0.2, 0.25) is 0 Å². The molecule has 0 N–H and O–H groups in total. The molecule has 0 amide bonds. The zero-order chi connectivity index (χ0) is 17.5. The minimum Gasteiger partial charge on any atom is -0.493 e. The molecule has 0 unspecified atom stereocenters. The average Bonchev–Trinajstić information content (AvgIpc) is 2.57. The molecule has 0 aromatic heterocycles. The highest BCUT2D eigenvalue weighted by atomic mass is 35.5. The number of benzene rings is 2. The third kappa shape index (κ3) is 4.65. The van der Waals surface area contributed by atoms with Gasteiger partial charge in [0, 0.05) is 5.02 Å². The van der Waals surface area contributed by atoms with Gasteiger partial charge in [-0.05, 0) is 54.8 Å². The number of rotatable bonds is 7. The molecular weight excluding hydrogens is 328 g/mol.